The SMILES string of the molecule is CCOC(=O)c1c(CCCOc2cc(C)c(Cl)c(C)c2)c2ccc(Cl)c(-c3c(C)nn(C)c3C)c2n1C[C@@H](C)NC(=O)OC(C)(C)C. The number of aromatic nitrogens is 3. The Hall–Kier alpha value is -3.69. The highest BCUT2D eigenvalue weighted by Crippen LogP contribution is 2.42. The summed E-state index contributed by atoms with van der Waals surface area (Å²) in [6.45, 7) is 17.8. The number of esters is 1. The van der Waals surface area contributed by atoms with Gasteiger partial charge in [-0.15, -0.1) is 0 Å². The van der Waals surface area contributed by atoms with Gasteiger partial charge in [-0.25, -0.2) is 9.59 Å². The maximum atomic E-state index is 13.8. The molecule has 1 amide bonds. The van der Waals surface area contributed by atoms with Gasteiger partial charge in [0.15, 0.2) is 0 Å². The van der Waals surface area contributed by atoms with E-state index < -0.39 is 23.7 Å². The number of nitrogens with one attached hydrogen (secondary N) is 1. The lowest BCUT2D eigenvalue weighted by Gasteiger charge is -2.23. The predicted molar refractivity (Wildman–Crippen MR) is 188 cm³/mol. The van der Waals surface area contributed by atoms with E-state index in [4.69, 9.17) is 37.4 Å². The fourth-order valence-electron chi connectivity index (χ4n) is 5.99. The Morgan fingerprint density at radius 3 is 2.28 bits per heavy atom. The molecule has 0 aliphatic rings. The van der Waals surface area contributed by atoms with E-state index in [2.05, 4.69) is 10.4 Å². The molecule has 2 heterocycles. The average molecular weight is 686 g/mol. The fraction of sp³-hybridized carbons (Fsp3) is 0.472. The van der Waals surface area contributed by atoms with Crippen LogP contribution in [0.25, 0.3) is 22.0 Å². The first-order valence-corrected chi connectivity index (χ1v) is 16.7. The van der Waals surface area contributed by atoms with Crippen molar-refractivity contribution >= 4 is 46.2 Å². The highest BCUT2D eigenvalue weighted by molar-refractivity contribution is 6.35. The van der Waals surface area contributed by atoms with Gasteiger partial charge in [-0.1, -0.05) is 29.3 Å². The lowest BCUT2D eigenvalue weighted by Crippen LogP contribution is -2.40. The van der Waals surface area contributed by atoms with Crippen molar-refractivity contribution < 1.29 is 23.8 Å². The molecule has 4 rings (SSSR count). The standard InChI is InChI=1S/C36H46Cl2N4O5/c1-11-45-34(43)33-26(13-12-16-46-25-17-20(2)31(38)21(3)18-25)27-14-15-28(37)30(29-23(5)40-41(10)24(29)6)32(27)42(33)19-22(4)39-35(44)47-36(7,8)9/h14-15,17-18,22H,11-13,16,19H2,1-10H3,(H,39,44)/t22-/m1/s1. The molecule has 0 unspecified atom stereocenters. The summed E-state index contributed by atoms with van der Waals surface area (Å²) >= 11 is 13.4. The summed E-state index contributed by atoms with van der Waals surface area (Å²) in [4.78, 5) is 26.6. The number of aryl methyl sites for hydroxylation is 5. The van der Waals surface area contributed by atoms with Gasteiger partial charge in [0.05, 0.1) is 29.4 Å². The number of benzene rings is 2. The number of fused-ring (bicyclic) bond motifs is 1. The van der Waals surface area contributed by atoms with Crippen LogP contribution in [0.1, 0.15) is 79.6 Å². The number of hydrogen-bond acceptors (Lipinski definition) is 6. The molecular weight excluding hydrogens is 639 g/mol. The number of nitrogens with zero attached hydrogens (tertiary/aromatic N) is 3. The zero-order chi connectivity index (χ0) is 34.8. The topological polar surface area (TPSA) is 96.6 Å². The Labute approximate surface area is 287 Å². The predicted octanol–water partition coefficient (Wildman–Crippen LogP) is 8.68. The first-order chi connectivity index (χ1) is 22.0. The molecule has 1 atom stereocenters. The number of hydrogen-bond donors (Lipinski definition) is 1. The molecule has 47 heavy (non-hydrogen) atoms. The number of alkyl carbamates (subject to hydrolysis) is 1. The third-order valence-electron chi connectivity index (χ3n) is 7.98. The molecule has 2 aromatic carbocycles. The molecule has 0 radical (unpaired) electrons. The minimum Gasteiger partial charge on any atom is -0.494 e. The summed E-state index contributed by atoms with van der Waals surface area (Å²) < 4.78 is 21.1. The van der Waals surface area contributed by atoms with Crippen LogP contribution in [0.2, 0.25) is 10.0 Å². The van der Waals surface area contributed by atoms with Gasteiger partial charge in [-0.3, -0.25) is 4.68 Å². The maximum absolute atomic E-state index is 13.8. The van der Waals surface area contributed by atoms with Crippen molar-refractivity contribution in [1.29, 1.82) is 0 Å². The molecule has 0 fully saturated rings. The van der Waals surface area contributed by atoms with Gasteiger partial charge < -0.3 is 24.1 Å². The van der Waals surface area contributed by atoms with Crippen molar-refractivity contribution in [3.05, 3.63) is 68.1 Å². The van der Waals surface area contributed by atoms with E-state index in [1.54, 1.807) is 6.92 Å². The summed E-state index contributed by atoms with van der Waals surface area (Å²) in [5.74, 6) is 0.297. The Morgan fingerprint density at radius 1 is 1.04 bits per heavy atom. The second-order valence-corrected chi connectivity index (χ2v) is 13.8. The summed E-state index contributed by atoms with van der Waals surface area (Å²) in [6, 6.07) is 7.26. The van der Waals surface area contributed by atoms with Gasteiger partial charge in [0, 0.05) is 46.9 Å². The molecule has 9 nitrogen and oxygen atoms in total. The van der Waals surface area contributed by atoms with Crippen LogP contribution in [-0.2, 0) is 29.5 Å². The van der Waals surface area contributed by atoms with Crippen LogP contribution in [0, 0.1) is 27.7 Å². The average Bonchev–Trinajstić information content (AvgIpc) is 3.40. The molecule has 2 aromatic heterocycles. The first-order valence-electron chi connectivity index (χ1n) is 15.9. The lowest BCUT2D eigenvalue weighted by atomic mass is 9.98. The van der Waals surface area contributed by atoms with Crippen LogP contribution in [0.3, 0.4) is 0 Å². The van der Waals surface area contributed by atoms with E-state index >= 15 is 0 Å². The number of rotatable bonds is 11. The van der Waals surface area contributed by atoms with Crippen molar-refractivity contribution in [3.8, 4) is 16.9 Å². The van der Waals surface area contributed by atoms with E-state index in [0.29, 0.717) is 30.2 Å². The van der Waals surface area contributed by atoms with E-state index in [1.165, 1.54) is 0 Å². The molecule has 11 heteroatoms. The van der Waals surface area contributed by atoms with Crippen LogP contribution in [-0.4, -0.2) is 51.3 Å². The Balaban J connectivity index is 1.85. The molecule has 0 saturated carbocycles. The van der Waals surface area contributed by atoms with Gasteiger partial charge >= 0.3 is 12.1 Å². The van der Waals surface area contributed by atoms with Gasteiger partial charge in [-0.05, 0) is 110 Å². The molecular formula is C36H46Cl2N4O5. The van der Waals surface area contributed by atoms with Gasteiger partial charge in [0.25, 0.3) is 0 Å². The number of halogens is 2. The highest BCUT2D eigenvalue weighted by atomic mass is 35.5. The summed E-state index contributed by atoms with van der Waals surface area (Å²) in [5, 5.41) is 9.72. The molecule has 0 aliphatic heterocycles. The van der Waals surface area contributed by atoms with Crippen molar-refractivity contribution in [3.63, 3.8) is 0 Å². The van der Waals surface area contributed by atoms with E-state index in [1.807, 2.05) is 96.0 Å². The Morgan fingerprint density at radius 2 is 1.70 bits per heavy atom. The Bertz CT molecular complexity index is 1780. The fourth-order valence-corrected chi connectivity index (χ4v) is 6.35. The second kappa shape index (κ2) is 14.6. The summed E-state index contributed by atoms with van der Waals surface area (Å²) in [7, 11) is 1.89. The van der Waals surface area contributed by atoms with Crippen molar-refractivity contribution in [1.82, 2.24) is 19.7 Å². The zero-order valence-corrected chi connectivity index (χ0v) is 30.6. The van der Waals surface area contributed by atoms with Crippen molar-refractivity contribution in [2.75, 3.05) is 13.2 Å². The number of amides is 1. The van der Waals surface area contributed by atoms with Crippen molar-refractivity contribution in [2.45, 2.75) is 93.3 Å². The monoisotopic (exact) mass is 684 g/mol. The first kappa shape index (κ1) is 36.2. The highest BCUT2D eigenvalue weighted by Gasteiger charge is 2.30. The van der Waals surface area contributed by atoms with Gasteiger partial charge in [0.2, 0.25) is 0 Å². The minimum absolute atomic E-state index is 0.207. The van der Waals surface area contributed by atoms with Crippen LogP contribution >= 0.6 is 23.2 Å². The van der Waals surface area contributed by atoms with Crippen LogP contribution in [0.15, 0.2) is 24.3 Å². The Kier molecular flexibility index (Phi) is 11.2. The molecule has 1 N–H and O–H groups in total. The molecule has 0 aliphatic carbocycles. The van der Waals surface area contributed by atoms with Crippen LogP contribution in [0.4, 0.5) is 4.79 Å². The summed E-state index contributed by atoms with van der Waals surface area (Å²) in [6.07, 6.45) is 0.616. The lowest BCUT2D eigenvalue weighted by molar-refractivity contribution is 0.0503. The van der Waals surface area contributed by atoms with Crippen molar-refractivity contribution in [2.24, 2.45) is 7.05 Å². The molecule has 4 aromatic rings. The van der Waals surface area contributed by atoms with Gasteiger partial charge in [-0.2, -0.15) is 5.10 Å². The zero-order valence-electron chi connectivity index (χ0n) is 29.1. The maximum Gasteiger partial charge on any atom is 0.407 e. The van der Waals surface area contributed by atoms with E-state index in [9.17, 15) is 9.59 Å². The van der Waals surface area contributed by atoms with Crippen LogP contribution in [0.5, 0.6) is 5.75 Å². The molecule has 0 spiro atoms. The quantitative estimate of drug-likeness (QED) is 0.125. The smallest absolute Gasteiger partial charge is 0.407 e. The number of carbonyl (C=O) groups excluding carboxylic acids is 2. The third kappa shape index (κ3) is 8.07. The van der Waals surface area contributed by atoms with E-state index in [-0.39, 0.29) is 13.2 Å². The van der Waals surface area contributed by atoms with Crippen LogP contribution < -0.4 is 10.1 Å². The molecule has 0 bridgehead atoms. The number of ether oxygens (including phenoxy) is 3. The second-order valence-electron chi connectivity index (χ2n) is 13.0. The molecule has 254 valence electrons. The number of carbonyl (C=O) groups is 2. The van der Waals surface area contributed by atoms with E-state index in [0.717, 1.165) is 60.9 Å². The third-order valence-corrected chi connectivity index (χ3v) is 8.89. The normalized spacial score (nSPS) is 12.3. The molecule has 0 saturated heterocycles. The minimum atomic E-state index is -0.658. The van der Waals surface area contributed by atoms with Gasteiger partial charge in [0.1, 0.15) is 17.0 Å². The largest absolute Gasteiger partial charge is 0.494 e. The summed E-state index contributed by atoms with van der Waals surface area (Å²) in [5.41, 5.74) is 6.69.